The van der Waals surface area contributed by atoms with Gasteiger partial charge in [0.05, 0.1) is 33.9 Å². The Morgan fingerprint density at radius 3 is 2.74 bits per heavy atom. The van der Waals surface area contributed by atoms with Gasteiger partial charge in [0, 0.05) is 18.0 Å². The van der Waals surface area contributed by atoms with Gasteiger partial charge >= 0.3 is 0 Å². The van der Waals surface area contributed by atoms with Crippen molar-refractivity contribution in [3.05, 3.63) is 91.6 Å². The number of aromatic nitrogens is 4. The first-order chi connectivity index (χ1) is 16.4. The predicted molar refractivity (Wildman–Crippen MR) is 128 cm³/mol. The van der Waals surface area contributed by atoms with Crippen molar-refractivity contribution in [2.75, 3.05) is 0 Å². The lowest BCUT2D eigenvalue weighted by Gasteiger charge is -2.13. The highest BCUT2D eigenvalue weighted by molar-refractivity contribution is 6.30. The largest absolute Gasteiger partial charge is 0.349 e. The average molecular weight is 484 g/mol. The highest BCUT2D eigenvalue weighted by atomic mass is 35.5. The van der Waals surface area contributed by atoms with E-state index in [1.54, 1.807) is 18.3 Å². The summed E-state index contributed by atoms with van der Waals surface area (Å²) in [7, 11) is 0. The van der Waals surface area contributed by atoms with Crippen LogP contribution in [0.1, 0.15) is 31.2 Å². The second kappa shape index (κ2) is 10.0. The molecule has 0 saturated carbocycles. The third-order valence-electron chi connectivity index (χ3n) is 5.49. The molecule has 0 aliphatic rings. The van der Waals surface area contributed by atoms with E-state index < -0.39 is 16.9 Å². The number of aromatic amines is 1. The summed E-state index contributed by atoms with van der Waals surface area (Å²) in [4.78, 5) is 43.1. The number of aryl methyl sites for hydroxylation is 1. The molecule has 176 valence electrons. The van der Waals surface area contributed by atoms with E-state index in [0.29, 0.717) is 34.4 Å². The van der Waals surface area contributed by atoms with Crippen LogP contribution in [0.4, 0.5) is 4.39 Å². The molecule has 0 aliphatic heterocycles. The highest BCUT2D eigenvalue weighted by Gasteiger charge is 2.19. The summed E-state index contributed by atoms with van der Waals surface area (Å²) >= 11 is 5.89. The zero-order valence-electron chi connectivity index (χ0n) is 18.5. The topological polar surface area (TPSA) is 102 Å². The van der Waals surface area contributed by atoms with Crippen LogP contribution in [0.25, 0.3) is 16.6 Å². The van der Waals surface area contributed by atoms with E-state index in [9.17, 15) is 18.8 Å². The van der Waals surface area contributed by atoms with Gasteiger partial charge in [-0.1, -0.05) is 31.0 Å². The number of halogens is 2. The van der Waals surface area contributed by atoms with Crippen LogP contribution in [0.2, 0.25) is 5.02 Å². The molecule has 0 fully saturated rings. The van der Waals surface area contributed by atoms with Gasteiger partial charge in [-0.2, -0.15) is 0 Å². The van der Waals surface area contributed by atoms with E-state index >= 15 is 0 Å². The molecule has 3 heterocycles. The van der Waals surface area contributed by atoms with Crippen LogP contribution in [0.15, 0.2) is 58.3 Å². The average Bonchev–Trinajstić information content (AvgIpc) is 3.15. The number of benzene rings is 1. The molecule has 8 nitrogen and oxygen atoms in total. The first-order valence-corrected chi connectivity index (χ1v) is 11.3. The summed E-state index contributed by atoms with van der Waals surface area (Å²) in [6, 6.07) is 10.6. The smallest absolute Gasteiger partial charge is 0.280 e. The maximum Gasteiger partial charge on any atom is 0.280 e. The van der Waals surface area contributed by atoms with E-state index in [-0.39, 0.29) is 24.0 Å². The molecular formula is C24H23ClFN5O3. The van der Waals surface area contributed by atoms with Gasteiger partial charge in [0.2, 0.25) is 5.91 Å². The molecule has 10 heteroatoms. The maximum absolute atomic E-state index is 13.6. The lowest BCUT2D eigenvalue weighted by Crippen LogP contribution is -2.34. The summed E-state index contributed by atoms with van der Waals surface area (Å²) in [5.74, 6) is -0.972. The summed E-state index contributed by atoms with van der Waals surface area (Å²) in [5, 5.41) is 5.86. The van der Waals surface area contributed by atoms with Crippen molar-refractivity contribution in [3.63, 3.8) is 0 Å². The van der Waals surface area contributed by atoms with Gasteiger partial charge in [-0.25, -0.2) is 9.07 Å². The Kier molecular flexibility index (Phi) is 6.93. The van der Waals surface area contributed by atoms with E-state index in [1.165, 1.54) is 33.5 Å². The zero-order chi connectivity index (χ0) is 24.2. The van der Waals surface area contributed by atoms with Gasteiger partial charge in [-0.05, 0) is 43.2 Å². The van der Waals surface area contributed by atoms with Crippen LogP contribution >= 0.6 is 11.6 Å². The van der Waals surface area contributed by atoms with Gasteiger partial charge in [0.25, 0.3) is 11.1 Å². The minimum atomic E-state index is -0.602. The SMILES string of the molecule is CCCCc1c2c(=O)n(-c3ccc(F)c(Cl)c3)[nH]c2cc(=O)n1CC(=O)NCc1ccccn1. The molecule has 0 aliphatic carbocycles. The Morgan fingerprint density at radius 1 is 1.21 bits per heavy atom. The number of carbonyl (C=O) groups excluding carboxylic acids is 1. The fourth-order valence-electron chi connectivity index (χ4n) is 3.78. The van der Waals surface area contributed by atoms with Crippen molar-refractivity contribution in [2.24, 2.45) is 0 Å². The normalized spacial score (nSPS) is 11.1. The van der Waals surface area contributed by atoms with Gasteiger partial charge < -0.3 is 9.88 Å². The molecular weight excluding hydrogens is 461 g/mol. The minimum absolute atomic E-state index is 0.126. The molecule has 0 atom stereocenters. The van der Waals surface area contributed by atoms with Crippen molar-refractivity contribution >= 4 is 28.4 Å². The predicted octanol–water partition coefficient (Wildman–Crippen LogP) is 3.33. The number of nitrogens with one attached hydrogen (secondary N) is 2. The number of amides is 1. The van der Waals surface area contributed by atoms with Crippen LogP contribution in [0.5, 0.6) is 0 Å². The Morgan fingerprint density at radius 2 is 2.03 bits per heavy atom. The third-order valence-corrected chi connectivity index (χ3v) is 5.78. The second-order valence-corrected chi connectivity index (χ2v) is 8.26. The van der Waals surface area contributed by atoms with Crippen molar-refractivity contribution < 1.29 is 9.18 Å². The minimum Gasteiger partial charge on any atom is -0.349 e. The first kappa shape index (κ1) is 23.4. The Labute approximate surface area is 199 Å². The van der Waals surface area contributed by atoms with Gasteiger partial charge in [0.15, 0.2) is 0 Å². The van der Waals surface area contributed by atoms with Gasteiger partial charge in [0.1, 0.15) is 12.4 Å². The number of carbonyl (C=O) groups is 1. The number of pyridine rings is 2. The summed E-state index contributed by atoms with van der Waals surface area (Å²) in [6.45, 7) is 2.00. The van der Waals surface area contributed by atoms with Crippen molar-refractivity contribution in [1.29, 1.82) is 0 Å². The second-order valence-electron chi connectivity index (χ2n) is 7.86. The molecule has 3 aromatic heterocycles. The molecule has 0 radical (unpaired) electrons. The van der Waals surface area contributed by atoms with Crippen LogP contribution in [-0.4, -0.2) is 25.2 Å². The molecule has 0 saturated heterocycles. The number of hydrogen-bond acceptors (Lipinski definition) is 4. The van der Waals surface area contributed by atoms with Crippen LogP contribution in [0.3, 0.4) is 0 Å². The molecule has 1 amide bonds. The van der Waals surface area contributed by atoms with Crippen LogP contribution in [0, 0.1) is 5.82 Å². The molecule has 1 aromatic carbocycles. The third kappa shape index (κ3) is 4.79. The van der Waals surface area contributed by atoms with E-state index in [1.807, 2.05) is 13.0 Å². The number of rotatable bonds is 8. The molecule has 0 bridgehead atoms. The van der Waals surface area contributed by atoms with Gasteiger partial charge in [-0.15, -0.1) is 0 Å². The summed E-state index contributed by atoms with van der Waals surface area (Å²) < 4.78 is 16.2. The number of H-pyrrole nitrogens is 1. The quantitative estimate of drug-likeness (QED) is 0.401. The highest BCUT2D eigenvalue weighted by Crippen LogP contribution is 2.20. The van der Waals surface area contributed by atoms with Crippen LogP contribution < -0.4 is 16.4 Å². The number of fused-ring (bicyclic) bond motifs is 1. The lowest BCUT2D eigenvalue weighted by atomic mass is 10.1. The van der Waals surface area contributed by atoms with Crippen molar-refractivity contribution in [1.82, 2.24) is 24.6 Å². The number of hydrogen-bond donors (Lipinski definition) is 2. The van der Waals surface area contributed by atoms with E-state index in [4.69, 9.17) is 11.6 Å². The zero-order valence-corrected chi connectivity index (χ0v) is 19.2. The standard InChI is InChI=1S/C24H23ClFN5O3/c1-2-3-7-20-23-19(29-31(24(23)34)16-8-9-18(26)17(25)11-16)12-22(33)30(20)14-21(32)28-13-15-6-4-5-10-27-15/h4-6,8-12,29H,2-3,7,13-14H2,1H3,(H,28,32). The maximum atomic E-state index is 13.6. The molecule has 4 aromatic rings. The fourth-order valence-corrected chi connectivity index (χ4v) is 3.96. The molecule has 0 unspecified atom stereocenters. The number of nitrogens with zero attached hydrogens (tertiary/aromatic N) is 3. The summed E-state index contributed by atoms with van der Waals surface area (Å²) in [5.41, 5.74) is 1.03. The van der Waals surface area contributed by atoms with E-state index in [2.05, 4.69) is 15.4 Å². The molecule has 0 spiro atoms. The first-order valence-electron chi connectivity index (χ1n) is 10.9. The molecule has 2 N–H and O–H groups in total. The van der Waals surface area contributed by atoms with E-state index in [0.717, 1.165) is 12.8 Å². The number of unbranched alkanes of at least 4 members (excludes halogenated alkanes) is 1. The Hall–Kier alpha value is -3.72. The van der Waals surface area contributed by atoms with Crippen molar-refractivity contribution in [3.8, 4) is 5.69 Å². The fraction of sp³-hybridized carbons (Fsp3) is 0.250. The molecule has 4 rings (SSSR count). The Balaban J connectivity index is 1.74. The summed E-state index contributed by atoms with van der Waals surface area (Å²) in [6.07, 6.45) is 3.63. The lowest BCUT2D eigenvalue weighted by molar-refractivity contribution is -0.121. The monoisotopic (exact) mass is 483 g/mol. The molecule has 34 heavy (non-hydrogen) atoms. The van der Waals surface area contributed by atoms with Crippen LogP contribution in [-0.2, 0) is 24.3 Å². The van der Waals surface area contributed by atoms with Crippen molar-refractivity contribution in [2.45, 2.75) is 39.3 Å². The van der Waals surface area contributed by atoms with Gasteiger partial charge in [-0.3, -0.25) is 24.5 Å². The Bertz CT molecular complexity index is 1460.